The SMILES string of the molecule is NC1CCC2Cc3cccc(Cl)c3N12. The highest BCUT2D eigenvalue weighted by Crippen LogP contribution is 2.43. The average Bonchev–Trinajstić information content (AvgIpc) is 2.67. The van der Waals surface area contributed by atoms with Crippen LogP contribution in [0.1, 0.15) is 18.4 Å². The summed E-state index contributed by atoms with van der Waals surface area (Å²) in [5, 5.41) is 0.849. The van der Waals surface area contributed by atoms with Crippen LogP contribution in [0.5, 0.6) is 0 Å². The smallest absolute Gasteiger partial charge is 0.0775 e. The van der Waals surface area contributed by atoms with Crippen LogP contribution < -0.4 is 10.6 Å². The van der Waals surface area contributed by atoms with Crippen molar-refractivity contribution in [1.82, 2.24) is 0 Å². The van der Waals surface area contributed by atoms with Crippen LogP contribution in [0.2, 0.25) is 5.02 Å². The Morgan fingerprint density at radius 3 is 3.07 bits per heavy atom. The van der Waals surface area contributed by atoms with Gasteiger partial charge in [-0.25, -0.2) is 0 Å². The van der Waals surface area contributed by atoms with Crippen LogP contribution in [0.4, 0.5) is 5.69 Å². The zero-order chi connectivity index (χ0) is 9.71. The van der Waals surface area contributed by atoms with Gasteiger partial charge in [-0.3, -0.25) is 0 Å². The van der Waals surface area contributed by atoms with Crippen molar-refractivity contribution in [3.8, 4) is 0 Å². The number of benzene rings is 1. The molecule has 1 aromatic rings. The van der Waals surface area contributed by atoms with Crippen LogP contribution in [0, 0.1) is 0 Å². The third-order valence-electron chi connectivity index (χ3n) is 3.33. The van der Waals surface area contributed by atoms with Gasteiger partial charge in [0, 0.05) is 6.04 Å². The maximum atomic E-state index is 6.20. The van der Waals surface area contributed by atoms with Crippen molar-refractivity contribution in [2.45, 2.75) is 31.5 Å². The molecule has 0 amide bonds. The Labute approximate surface area is 88.6 Å². The van der Waals surface area contributed by atoms with Gasteiger partial charge in [-0.1, -0.05) is 23.7 Å². The largest absolute Gasteiger partial charge is 0.351 e. The molecule has 2 heterocycles. The lowest BCUT2D eigenvalue weighted by atomic mass is 10.1. The summed E-state index contributed by atoms with van der Waals surface area (Å²) in [4.78, 5) is 2.30. The Bertz CT molecular complexity index is 378. The van der Waals surface area contributed by atoms with Gasteiger partial charge in [0.15, 0.2) is 0 Å². The van der Waals surface area contributed by atoms with Gasteiger partial charge in [-0.15, -0.1) is 0 Å². The van der Waals surface area contributed by atoms with E-state index in [-0.39, 0.29) is 6.17 Å². The van der Waals surface area contributed by atoms with E-state index in [9.17, 15) is 0 Å². The molecule has 2 atom stereocenters. The third kappa shape index (κ3) is 1.01. The molecule has 14 heavy (non-hydrogen) atoms. The first-order valence-electron chi connectivity index (χ1n) is 5.08. The lowest BCUT2D eigenvalue weighted by Gasteiger charge is -2.24. The van der Waals surface area contributed by atoms with Gasteiger partial charge >= 0.3 is 0 Å². The summed E-state index contributed by atoms with van der Waals surface area (Å²) < 4.78 is 0. The Morgan fingerprint density at radius 1 is 1.36 bits per heavy atom. The zero-order valence-corrected chi connectivity index (χ0v) is 8.67. The van der Waals surface area contributed by atoms with Crippen molar-refractivity contribution in [3.05, 3.63) is 28.8 Å². The van der Waals surface area contributed by atoms with Crippen LogP contribution in [0.3, 0.4) is 0 Å². The van der Waals surface area contributed by atoms with Gasteiger partial charge in [-0.05, 0) is 30.9 Å². The van der Waals surface area contributed by atoms with E-state index in [0.29, 0.717) is 6.04 Å². The predicted molar refractivity (Wildman–Crippen MR) is 58.6 cm³/mol. The molecule has 3 heteroatoms. The molecule has 2 unspecified atom stereocenters. The Hall–Kier alpha value is -0.730. The molecule has 2 aliphatic rings. The van der Waals surface area contributed by atoms with E-state index in [0.717, 1.165) is 17.9 Å². The molecule has 1 fully saturated rings. The maximum absolute atomic E-state index is 6.20. The van der Waals surface area contributed by atoms with Crippen molar-refractivity contribution in [2.75, 3.05) is 4.90 Å². The Balaban J connectivity index is 2.13. The molecule has 0 radical (unpaired) electrons. The molecule has 0 bridgehead atoms. The number of halogens is 1. The number of hydrogen-bond acceptors (Lipinski definition) is 2. The summed E-state index contributed by atoms with van der Waals surface area (Å²) in [7, 11) is 0. The van der Waals surface area contributed by atoms with E-state index in [1.165, 1.54) is 17.7 Å². The second kappa shape index (κ2) is 2.88. The van der Waals surface area contributed by atoms with Gasteiger partial charge in [0.05, 0.1) is 16.9 Å². The molecular weight excluding hydrogens is 196 g/mol. The molecule has 0 saturated carbocycles. The van der Waals surface area contributed by atoms with Crippen LogP contribution in [-0.4, -0.2) is 12.2 Å². The standard InChI is InChI=1S/C11H13ClN2/c12-9-3-1-2-7-6-8-4-5-10(13)14(8)11(7)9/h1-3,8,10H,4-6,13H2. The first-order chi connectivity index (χ1) is 6.77. The van der Waals surface area contributed by atoms with E-state index in [2.05, 4.69) is 11.0 Å². The van der Waals surface area contributed by atoms with Crippen LogP contribution in [0.25, 0.3) is 0 Å². The second-order valence-corrected chi connectivity index (χ2v) is 4.56. The topological polar surface area (TPSA) is 29.3 Å². The number of nitrogens with two attached hydrogens (primary N) is 1. The molecular formula is C11H13ClN2. The summed E-state index contributed by atoms with van der Waals surface area (Å²) in [5.74, 6) is 0. The minimum Gasteiger partial charge on any atom is -0.351 e. The van der Waals surface area contributed by atoms with E-state index in [4.69, 9.17) is 17.3 Å². The second-order valence-electron chi connectivity index (χ2n) is 4.16. The molecule has 2 nitrogen and oxygen atoms in total. The summed E-state index contributed by atoms with van der Waals surface area (Å²) in [6.45, 7) is 0. The molecule has 3 rings (SSSR count). The summed E-state index contributed by atoms with van der Waals surface area (Å²) >= 11 is 6.20. The Morgan fingerprint density at radius 2 is 2.21 bits per heavy atom. The van der Waals surface area contributed by atoms with Crippen LogP contribution in [0.15, 0.2) is 18.2 Å². The molecule has 1 aromatic carbocycles. The lowest BCUT2D eigenvalue weighted by Crippen LogP contribution is -2.39. The highest BCUT2D eigenvalue weighted by molar-refractivity contribution is 6.33. The van der Waals surface area contributed by atoms with Crippen molar-refractivity contribution < 1.29 is 0 Å². The molecule has 1 saturated heterocycles. The van der Waals surface area contributed by atoms with Crippen molar-refractivity contribution in [2.24, 2.45) is 5.73 Å². The van der Waals surface area contributed by atoms with Crippen molar-refractivity contribution >= 4 is 17.3 Å². The number of nitrogens with zero attached hydrogens (tertiary/aromatic N) is 1. The van der Waals surface area contributed by atoms with E-state index >= 15 is 0 Å². The quantitative estimate of drug-likeness (QED) is 0.708. The summed E-state index contributed by atoms with van der Waals surface area (Å²) in [5.41, 5.74) is 8.61. The highest BCUT2D eigenvalue weighted by atomic mass is 35.5. The van der Waals surface area contributed by atoms with Crippen molar-refractivity contribution in [3.63, 3.8) is 0 Å². The normalized spacial score (nSPS) is 29.1. The number of para-hydroxylation sites is 1. The number of rotatable bonds is 0. The van der Waals surface area contributed by atoms with E-state index in [1.807, 2.05) is 12.1 Å². The van der Waals surface area contributed by atoms with Gasteiger partial charge in [0.1, 0.15) is 0 Å². The number of fused-ring (bicyclic) bond motifs is 3. The van der Waals surface area contributed by atoms with Crippen molar-refractivity contribution in [1.29, 1.82) is 0 Å². The average molecular weight is 209 g/mol. The third-order valence-corrected chi connectivity index (χ3v) is 3.64. The highest BCUT2D eigenvalue weighted by Gasteiger charge is 2.38. The van der Waals surface area contributed by atoms with E-state index in [1.54, 1.807) is 0 Å². The molecule has 0 aromatic heterocycles. The monoisotopic (exact) mass is 208 g/mol. The number of hydrogen-bond donors (Lipinski definition) is 1. The number of anilines is 1. The first-order valence-corrected chi connectivity index (χ1v) is 5.46. The van der Waals surface area contributed by atoms with Gasteiger partial charge in [0.2, 0.25) is 0 Å². The van der Waals surface area contributed by atoms with Gasteiger partial charge < -0.3 is 10.6 Å². The summed E-state index contributed by atoms with van der Waals surface area (Å²) in [6, 6.07) is 6.73. The molecule has 0 spiro atoms. The fourth-order valence-electron chi connectivity index (χ4n) is 2.73. The zero-order valence-electron chi connectivity index (χ0n) is 7.91. The van der Waals surface area contributed by atoms with Gasteiger partial charge in [-0.2, -0.15) is 0 Å². The van der Waals surface area contributed by atoms with Crippen LogP contribution >= 0.6 is 11.6 Å². The molecule has 74 valence electrons. The fourth-order valence-corrected chi connectivity index (χ4v) is 3.02. The minimum atomic E-state index is 0.168. The minimum absolute atomic E-state index is 0.168. The van der Waals surface area contributed by atoms with E-state index < -0.39 is 0 Å². The fraction of sp³-hybridized carbons (Fsp3) is 0.455. The lowest BCUT2D eigenvalue weighted by molar-refractivity contribution is 0.674. The van der Waals surface area contributed by atoms with Gasteiger partial charge in [0.25, 0.3) is 0 Å². The molecule has 2 N–H and O–H groups in total. The predicted octanol–water partition coefficient (Wildman–Crippen LogP) is 2.15. The molecule has 2 aliphatic heterocycles. The first kappa shape index (κ1) is 8.57. The van der Waals surface area contributed by atoms with Crippen LogP contribution in [-0.2, 0) is 6.42 Å². The Kier molecular flexibility index (Phi) is 1.76. The maximum Gasteiger partial charge on any atom is 0.0775 e. The summed E-state index contributed by atoms with van der Waals surface area (Å²) in [6.07, 6.45) is 3.58. The molecule has 0 aliphatic carbocycles.